The van der Waals surface area contributed by atoms with Crippen molar-refractivity contribution in [3.05, 3.63) is 82.2 Å². The second-order valence-electron chi connectivity index (χ2n) is 6.55. The predicted octanol–water partition coefficient (Wildman–Crippen LogP) is 3.97. The number of hydrogen-bond acceptors (Lipinski definition) is 5. The van der Waals surface area contributed by atoms with Gasteiger partial charge in [0, 0.05) is 29.1 Å². The number of fused-ring (bicyclic) bond motifs is 1. The second-order valence-corrected chi connectivity index (χ2v) is 7.41. The standard InChI is InChI=1S/C22H17N3O3S/c1-14(26)24-17-9-7-16(8-10-17)19(27)11-25-13-23-21-20(22(25)28)18(12-29-21)15-5-3-2-4-6-15/h2-10,12-13H,11H2,1H3,(H,24,26). The molecule has 0 unspecified atom stereocenters. The Hall–Kier alpha value is -3.58. The van der Waals surface area contributed by atoms with Crippen molar-refractivity contribution in [1.29, 1.82) is 0 Å². The van der Waals surface area contributed by atoms with Crippen LogP contribution >= 0.6 is 11.3 Å². The van der Waals surface area contributed by atoms with Gasteiger partial charge < -0.3 is 5.32 Å². The van der Waals surface area contributed by atoms with Crippen LogP contribution in [0.2, 0.25) is 0 Å². The minimum atomic E-state index is -0.238. The molecule has 4 rings (SSSR count). The zero-order valence-corrected chi connectivity index (χ0v) is 16.4. The first-order valence-corrected chi connectivity index (χ1v) is 9.84. The number of thiophene rings is 1. The van der Waals surface area contributed by atoms with Crippen LogP contribution in [-0.4, -0.2) is 21.2 Å². The molecule has 1 N–H and O–H groups in total. The molecule has 6 nitrogen and oxygen atoms in total. The largest absolute Gasteiger partial charge is 0.326 e. The lowest BCUT2D eigenvalue weighted by Crippen LogP contribution is -2.24. The topological polar surface area (TPSA) is 81.1 Å². The Morgan fingerprint density at radius 2 is 1.79 bits per heavy atom. The summed E-state index contributed by atoms with van der Waals surface area (Å²) in [6.45, 7) is 1.31. The molecule has 7 heteroatoms. The van der Waals surface area contributed by atoms with Crippen LogP contribution < -0.4 is 10.9 Å². The van der Waals surface area contributed by atoms with Crippen LogP contribution in [0.3, 0.4) is 0 Å². The summed E-state index contributed by atoms with van der Waals surface area (Å²) in [5.41, 5.74) is 2.60. The van der Waals surface area contributed by atoms with Crippen LogP contribution in [0, 0.1) is 0 Å². The minimum Gasteiger partial charge on any atom is -0.326 e. The summed E-state index contributed by atoms with van der Waals surface area (Å²) in [5.74, 6) is -0.390. The van der Waals surface area contributed by atoms with Gasteiger partial charge >= 0.3 is 0 Å². The summed E-state index contributed by atoms with van der Waals surface area (Å²) in [6, 6.07) is 16.2. The molecule has 0 radical (unpaired) electrons. The number of rotatable bonds is 5. The highest BCUT2D eigenvalue weighted by molar-refractivity contribution is 7.17. The fourth-order valence-corrected chi connectivity index (χ4v) is 4.01. The number of amides is 1. The molecular formula is C22H17N3O3S. The molecule has 0 saturated carbocycles. The molecule has 0 fully saturated rings. The van der Waals surface area contributed by atoms with Crippen molar-refractivity contribution in [3.63, 3.8) is 0 Å². The molecule has 0 atom stereocenters. The Labute approximate surface area is 170 Å². The van der Waals surface area contributed by atoms with Crippen LogP contribution in [0.1, 0.15) is 17.3 Å². The number of Topliss-reactive ketones (excluding diaryl/α,β-unsaturated/α-hetero) is 1. The monoisotopic (exact) mass is 403 g/mol. The highest BCUT2D eigenvalue weighted by Crippen LogP contribution is 2.30. The van der Waals surface area contributed by atoms with E-state index in [1.54, 1.807) is 24.3 Å². The fraction of sp³-hybridized carbons (Fsp3) is 0.0909. The summed E-state index contributed by atoms with van der Waals surface area (Å²) >= 11 is 1.41. The number of ketones is 1. The van der Waals surface area contributed by atoms with Crippen LogP contribution in [0.15, 0.2) is 71.1 Å². The molecule has 0 aliphatic rings. The first-order valence-electron chi connectivity index (χ1n) is 8.96. The summed E-state index contributed by atoms with van der Waals surface area (Å²) in [4.78, 5) is 41.8. The number of carbonyl (C=O) groups excluding carboxylic acids is 2. The quantitative estimate of drug-likeness (QED) is 0.511. The highest BCUT2D eigenvalue weighted by atomic mass is 32.1. The van der Waals surface area contributed by atoms with Gasteiger partial charge in [0.1, 0.15) is 4.83 Å². The molecule has 29 heavy (non-hydrogen) atoms. The minimum absolute atomic E-state index is 0.106. The first-order chi connectivity index (χ1) is 14.0. The van der Waals surface area contributed by atoms with Crippen molar-refractivity contribution in [3.8, 4) is 11.1 Å². The van der Waals surface area contributed by atoms with Crippen molar-refractivity contribution in [2.45, 2.75) is 13.5 Å². The predicted molar refractivity (Wildman–Crippen MR) is 114 cm³/mol. The maximum Gasteiger partial charge on any atom is 0.263 e. The van der Waals surface area contributed by atoms with Crippen molar-refractivity contribution < 1.29 is 9.59 Å². The molecule has 1 amide bonds. The van der Waals surface area contributed by atoms with E-state index in [9.17, 15) is 14.4 Å². The number of hydrogen-bond donors (Lipinski definition) is 1. The van der Waals surface area contributed by atoms with Gasteiger partial charge in [-0.3, -0.25) is 19.0 Å². The number of anilines is 1. The van der Waals surface area contributed by atoms with E-state index in [1.165, 1.54) is 29.2 Å². The summed E-state index contributed by atoms with van der Waals surface area (Å²) in [5, 5.41) is 5.10. The van der Waals surface area contributed by atoms with Crippen LogP contribution in [0.5, 0.6) is 0 Å². The molecule has 0 saturated heterocycles. The Balaban J connectivity index is 1.64. The first kappa shape index (κ1) is 18.8. The van der Waals surface area contributed by atoms with E-state index in [2.05, 4.69) is 10.3 Å². The molecule has 0 aliphatic carbocycles. The smallest absolute Gasteiger partial charge is 0.263 e. The maximum atomic E-state index is 13.1. The van der Waals surface area contributed by atoms with Gasteiger partial charge in [-0.2, -0.15) is 0 Å². The number of aromatic nitrogens is 2. The third-order valence-corrected chi connectivity index (χ3v) is 5.37. The van der Waals surface area contributed by atoms with Gasteiger partial charge in [-0.05, 0) is 29.8 Å². The molecule has 0 spiro atoms. The zero-order valence-electron chi connectivity index (χ0n) is 15.6. The lowest BCUT2D eigenvalue weighted by molar-refractivity contribution is -0.114. The average Bonchev–Trinajstić information content (AvgIpc) is 3.16. The molecule has 4 aromatic rings. The van der Waals surface area contributed by atoms with Gasteiger partial charge in [0.15, 0.2) is 5.78 Å². The van der Waals surface area contributed by atoms with Crippen LogP contribution in [0.25, 0.3) is 21.3 Å². The van der Waals surface area contributed by atoms with E-state index in [0.29, 0.717) is 21.5 Å². The third kappa shape index (κ3) is 3.86. The lowest BCUT2D eigenvalue weighted by atomic mass is 10.1. The van der Waals surface area contributed by atoms with Gasteiger partial charge in [0.25, 0.3) is 5.56 Å². The van der Waals surface area contributed by atoms with Gasteiger partial charge in [0.2, 0.25) is 5.91 Å². The van der Waals surface area contributed by atoms with Crippen molar-refractivity contribution in [2.75, 3.05) is 5.32 Å². The summed E-state index contributed by atoms with van der Waals surface area (Å²) in [7, 11) is 0. The molecule has 2 heterocycles. The van der Waals surface area contributed by atoms with Crippen molar-refractivity contribution >= 4 is 38.9 Å². The maximum absolute atomic E-state index is 13.1. The number of nitrogens with zero attached hydrogens (tertiary/aromatic N) is 2. The lowest BCUT2D eigenvalue weighted by Gasteiger charge is -2.07. The highest BCUT2D eigenvalue weighted by Gasteiger charge is 2.15. The number of benzene rings is 2. The Kier molecular flexibility index (Phi) is 5.05. The number of nitrogens with one attached hydrogen (secondary N) is 1. The van der Waals surface area contributed by atoms with Crippen LogP contribution in [0.4, 0.5) is 5.69 Å². The van der Waals surface area contributed by atoms with Crippen molar-refractivity contribution in [1.82, 2.24) is 9.55 Å². The summed E-state index contributed by atoms with van der Waals surface area (Å²) < 4.78 is 1.34. The second kappa shape index (κ2) is 7.81. The normalized spacial score (nSPS) is 10.8. The van der Waals surface area contributed by atoms with E-state index in [4.69, 9.17) is 0 Å². The van der Waals surface area contributed by atoms with Gasteiger partial charge in [-0.1, -0.05) is 30.3 Å². The molecule has 0 bridgehead atoms. The van der Waals surface area contributed by atoms with Gasteiger partial charge in [-0.25, -0.2) is 4.98 Å². The van der Waals surface area contributed by atoms with Crippen molar-refractivity contribution in [2.24, 2.45) is 0 Å². The van der Waals surface area contributed by atoms with E-state index in [1.807, 2.05) is 35.7 Å². The molecule has 0 aliphatic heterocycles. The van der Waals surface area contributed by atoms with E-state index < -0.39 is 0 Å². The summed E-state index contributed by atoms with van der Waals surface area (Å²) in [6.07, 6.45) is 1.42. The molecule has 2 aromatic heterocycles. The third-order valence-electron chi connectivity index (χ3n) is 4.49. The van der Waals surface area contributed by atoms with E-state index in [-0.39, 0.29) is 23.8 Å². The Morgan fingerprint density at radius 3 is 2.48 bits per heavy atom. The fourth-order valence-electron chi connectivity index (χ4n) is 3.10. The van der Waals surface area contributed by atoms with E-state index in [0.717, 1.165) is 11.1 Å². The Bertz CT molecular complexity index is 1260. The SMILES string of the molecule is CC(=O)Nc1ccc(C(=O)Cn2cnc3scc(-c4ccccc4)c3c2=O)cc1. The molecular weight excluding hydrogens is 386 g/mol. The zero-order chi connectivity index (χ0) is 20.4. The molecule has 144 valence electrons. The van der Waals surface area contributed by atoms with E-state index >= 15 is 0 Å². The Morgan fingerprint density at radius 1 is 1.07 bits per heavy atom. The molecule has 2 aromatic carbocycles. The van der Waals surface area contributed by atoms with Crippen LogP contribution in [-0.2, 0) is 11.3 Å². The van der Waals surface area contributed by atoms with Gasteiger partial charge in [-0.15, -0.1) is 11.3 Å². The van der Waals surface area contributed by atoms with Gasteiger partial charge in [0.05, 0.1) is 18.3 Å². The average molecular weight is 403 g/mol. The number of carbonyl (C=O) groups is 2.